The molecule has 15 heavy (non-hydrogen) atoms. The van der Waals surface area contributed by atoms with E-state index in [2.05, 4.69) is 12.2 Å². The van der Waals surface area contributed by atoms with Crippen molar-refractivity contribution in [2.75, 3.05) is 26.3 Å². The van der Waals surface area contributed by atoms with Crippen LogP contribution in [0.2, 0.25) is 0 Å². The Morgan fingerprint density at radius 3 is 2.20 bits per heavy atom. The van der Waals surface area contributed by atoms with Gasteiger partial charge in [-0.3, -0.25) is 0 Å². The highest BCUT2D eigenvalue weighted by Crippen LogP contribution is 2.43. The second-order valence-electron chi connectivity index (χ2n) is 5.44. The summed E-state index contributed by atoms with van der Waals surface area (Å²) in [6, 6.07) is 0. The van der Waals surface area contributed by atoms with E-state index in [1.54, 1.807) is 0 Å². The lowest BCUT2D eigenvalue weighted by molar-refractivity contribution is 0.0590. The molecule has 90 valence electrons. The summed E-state index contributed by atoms with van der Waals surface area (Å²) in [5.74, 6) is 0. The van der Waals surface area contributed by atoms with Crippen LogP contribution < -0.4 is 5.32 Å². The molecule has 0 bridgehead atoms. The van der Waals surface area contributed by atoms with Gasteiger partial charge in [0.2, 0.25) is 0 Å². The van der Waals surface area contributed by atoms with Crippen LogP contribution in [0.5, 0.6) is 0 Å². The van der Waals surface area contributed by atoms with E-state index in [1.807, 2.05) is 6.92 Å². The number of aliphatic hydroxyl groups is 2. The Bertz CT molecular complexity index is 168. The first-order valence-electron chi connectivity index (χ1n) is 6.02. The molecule has 1 rings (SSSR count). The summed E-state index contributed by atoms with van der Waals surface area (Å²) in [4.78, 5) is 0. The Labute approximate surface area is 92.9 Å². The smallest absolute Gasteiger partial charge is 0.0518 e. The minimum absolute atomic E-state index is 0.0373. The van der Waals surface area contributed by atoms with Crippen molar-refractivity contribution in [3.8, 4) is 0 Å². The third-order valence-corrected chi connectivity index (χ3v) is 3.98. The molecule has 0 aromatic rings. The van der Waals surface area contributed by atoms with E-state index in [9.17, 15) is 0 Å². The first-order chi connectivity index (χ1) is 7.10. The molecule has 1 saturated carbocycles. The molecular formula is C12H25NO2. The van der Waals surface area contributed by atoms with Gasteiger partial charge in [0.1, 0.15) is 0 Å². The molecule has 0 aromatic carbocycles. The molecule has 0 unspecified atom stereocenters. The molecule has 0 spiro atoms. The minimum Gasteiger partial charge on any atom is -0.396 e. The summed E-state index contributed by atoms with van der Waals surface area (Å²) in [5.41, 5.74) is 0.129. The molecule has 0 heterocycles. The Kier molecular flexibility index (Phi) is 4.56. The number of aliphatic hydroxyl groups excluding tert-OH is 2. The highest BCUT2D eigenvalue weighted by Gasteiger charge is 2.35. The fourth-order valence-corrected chi connectivity index (χ4v) is 2.12. The monoisotopic (exact) mass is 215 g/mol. The summed E-state index contributed by atoms with van der Waals surface area (Å²) < 4.78 is 0. The van der Waals surface area contributed by atoms with E-state index in [0.29, 0.717) is 12.0 Å². The van der Waals surface area contributed by atoms with Crippen LogP contribution in [0.4, 0.5) is 0 Å². The molecular weight excluding hydrogens is 190 g/mol. The van der Waals surface area contributed by atoms with Gasteiger partial charge in [0.05, 0.1) is 13.2 Å². The van der Waals surface area contributed by atoms with Gasteiger partial charge in [-0.2, -0.15) is 0 Å². The molecule has 0 saturated heterocycles. The molecule has 0 aliphatic heterocycles. The summed E-state index contributed by atoms with van der Waals surface area (Å²) >= 11 is 0. The van der Waals surface area contributed by atoms with Gasteiger partial charge in [-0.1, -0.05) is 20.3 Å². The molecule has 0 amide bonds. The van der Waals surface area contributed by atoms with Crippen molar-refractivity contribution in [2.24, 2.45) is 10.8 Å². The fourth-order valence-electron chi connectivity index (χ4n) is 2.12. The van der Waals surface area contributed by atoms with Gasteiger partial charge < -0.3 is 15.5 Å². The molecule has 0 atom stereocenters. The molecule has 1 aliphatic carbocycles. The quantitative estimate of drug-likeness (QED) is 0.597. The summed E-state index contributed by atoms with van der Waals surface area (Å²) in [6.45, 7) is 5.95. The first-order valence-corrected chi connectivity index (χ1v) is 6.02. The van der Waals surface area contributed by atoms with Gasteiger partial charge in [0.25, 0.3) is 0 Å². The highest BCUT2D eigenvalue weighted by molar-refractivity contribution is 4.89. The summed E-state index contributed by atoms with van der Waals surface area (Å²) in [6.07, 6.45) is 5.23. The molecule has 3 nitrogen and oxygen atoms in total. The average molecular weight is 215 g/mol. The Morgan fingerprint density at radius 2 is 1.87 bits per heavy atom. The number of rotatable bonds is 7. The van der Waals surface area contributed by atoms with Crippen LogP contribution in [-0.2, 0) is 0 Å². The number of hydrogen-bond acceptors (Lipinski definition) is 3. The van der Waals surface area contributed by atoms with Crippen molar-refractivity contribution in [1.29, 1.82) is 0 Å². The van der Waals surface area contributed by atoms with Gasteiger partial charge in [-0.05, 0) is 24.7 Å². The highest BCUT2D eigenvalue weighted by atomic mass is 16.3. The van der Waals surface area contributed by atoms with Gasteiger partial charge >= 0.3 is 0 Å². The zero-order chi connectivity index (χ0) is 11.4. The van der Waals surface area contributed by atoms with Crippen LogP contribution in [0.25, 0.3) is 0 Å². The maximum absolute atomic E-state index is 9.14. The van der Waals surface area contributed by atoms with E-state index in [0.717, 1.165) is 6.54 Å². The van der Waals surface area contributed by atoms with Crippen molar-refractivity contribution >= 4 is 0 Å². The van der Waals surface area contributed by atoms with E-state index >= 15 is 0 Å². The normalized spacial score (nSPS) is 20.0. The van der Waals surface area contributed by atoms with E-state index in [1.165, 1.54) is 25.7 Å². The second kappa shape index (κ2) is 5.28. The fraction of sp³-hybridized carbons (Fsp3) is 1.00. The number of hydrogen-bond donors (Lipinski definition) is 3. The first kappa shape index (κ1) is 12.9. The lowest BCUT2D eigenvalue weighted by Crippen LogP contribution is -2.45. The molecule has 1 fully saturated rings. The summed E-state index contributed by atoms with van der Waals surface area (Å²) in [5, 5.41) is 21.7. The van der Waals surface area contributed by atoms with Gasteiger partial charge in [0, 0.05) is 18.5 Å². The molecule has 0 radical (unpaired) electrons. The molecule has 3 N–H and O–H groups in total. The Morgan fingerprint density at radius 1 is 1.27 bits per heavy atom. The molecule has 1 aliphatic rings. The molecule has 0 aromatic heterocycles. The minimum atomic E-state index is -0.376. The maximum Gasteiger partial charge on any atom is 0.0518 e. The standard InChI is InChI=1S/C12H25NO2/c1-3-12(5-4-6-12)8-13-7-11(2,9-14)10-15/h13-15H,3-10H2,1-2H3. The van der Waals surface area contributed by atoms with Gasteiger partial charge in [-0.15, -0.1) is 0 Å². The van der Waals surface area contributed by atoms with Crippen molar-refractivity contribution in [3.05, 3.63) is 0 Å². The second-order valence-corrected chi connectivity index (χ2v) is 5.44. The van der Waals surface area contributed by atoms with Crippen LogP contribution >= 0.6 is 0 Å². The van der Waals surface area contributed by atoms with Gasteiger partial charge in [0.15, 0.2) is 0 Å². The topological polar surface area (TPSA) is 52.5 Å². The van der Waals surface area contributed by atoms with Crippen molar-refractivity contribution in [1.82, 2.24) is 5.32 Å². The van der Waals surface area contributed by atoms with Gasteiger partial charge in [-0.25, -0.2) is 0 Å². The van der Waals surface area contributed by atoms with Crippen molar-refractivity contribution in [3.63, 3.8) is 0 Å². The molecule has 3 heteroatoms. The van der Waals surface area contributed by atoms with E-state index < -0.39 is 0 Å². The third-order valence-electron chi connectivity index (χ3n) is 3.98. The predicted octanol–water partition coefficient (Wildman–Crippen LogP) is 1.15. The van der Waals surface area contributed by atoms with Crippen LogP contribution in [0.3, 0.4) is 0 Å². The van der Waals surface area contributed by atoms with Crippen molar-refractivity contribution < 1.29 is 10.2 Å². The Hall–Kier alpha value is -0.120. The van der Waals surface area contributed by atoms with Crippen LogP contribution in [0.1, 0.15) is 39.5 Å². The van der Waals surface area contributed by atoms with E-state index in [-0.39, 0.29) is 18.6 Å². The maximum atomic E-state index is 9.14. The lowest BCUT2D eigenvalue weighted by atomic mass is 9.67. The zero-order valence-corrected chi connectivity index (χ0v) is 10.1. The largest absolute Gasteiger partial charge is 0.396 e. The SMILES string of the molecule is CCC1(CNCC(C)(CO)CO)CCC1. The third kappa shape index (κ3) is 3.16. The Balaban J connectivity index is 2.25. The number of nitrogens with one attached hydrogen (secondary N) is 1. The van der Waals surface area contributed by atoms with Crippen LogP contribution in [0.15, 0.2) is 0 Å². The van der Waals surface area contributed by atoms with E-state index in [4.69, 9.17) is 10.2 Å². The average Bonchev–Trinajstić information content (AvgIpc) is 2.22. The lowest BCUT2D eigenvalue weighted by Gasteiger charge is -2.42. The van der Waals surface area contributed by atoms with Crippen molar-refractivity contribution in [2.45, 2.75) is 39.5 Å². The van der Waals surface area contributed by atoms with Crippen LogP contribution in [0, 0.1) is 10.8 Å². The summed E-state index contributed by atoms with van der Waals surface area (Å²) in [7, 11) is 0. The van der Waals surface area contributed by atoms with Crippen LogP contribution in [-0.4, -0.2) is 36.5 Å². The predicted molar refractivity (Wildman–Crippen MR) is 61.7 cm³/mol. The zero-order valence-electron chi connectivity index (χ0n) is 10.1.